The molecule has 2 aliphatic rings. The fourth-order valence-corrected chi connectivity index (χ4v) is 4.37. The number of hydrogen-bond donors (Lipinski definition) is 3. The maximum Gasteiger partial charge on any atom is 0.183 e. The van der Waals surface area contributed by atoms with Gasteiger partial charge in [-0.15, -0.1) is 6.42 Å². The second-order valence-electron chi connectivity index (χ2n) is 7.12. The molecule has 0 amide bonds. The standard InChI is InChI=1S/C20H17ClN4O4/c1-2-20(13-4-3-11(21)7-10(13)8-28-20)16-14(26)15(27)19(29-16)25-6-5-12-17(22)23-9-24-18(12)25/h1,3-7,9,14-16,19,26-27H,8H2,(H2,22,23,24)/t14-,15+,16-,19+,20+/m0/s1. The average molecular weight is 413 g/mol. The van der Waals surface area contributed by atoms with E-state index in [1.165, 1.54) is 6.33 Å². The van der Waals surface area contributed by atoms with Crippen molar-refractivity contribution >= 4 is 28.5 Å². The molecule has 2 aromatic heterocycles. The number of ether oxygens (including phenoxy) is 2. The summed E-state index contributed by atoms with van der Waals surface area (Å²) >= 11 is 6.08. The molecule has 148 valence electrons. The van der Waals surface area contributed by atoms with Crippen molar-refractivity contribution in [2.45, 2.75) is 36.7 Å². The number of rotatable bonds is 2. The molecule has 0 saturated carbocycles. The molecule has 5 atom stereocenters. The largest absolute Gasteiger partial charge is 0.387 e. The molecule has 4 N–H and O–H groups in total. The summed E-state index contributed by atoms with van der Waals surface area (Å²) in [5, 5.41) is 22.8. The number of benzene rings is 1. The number of anilines is 1. The molecule has 29 heavy (non-hydrogen) atoms. The van der Waals surface area contributed by atoms with Crippen LogP contribution in [0.25, 0.3) is 11.0 Å². The minimum absolute atomic E-state index is 0.226. The Morgan fingerprint density at radius 2 is 2.10 bits per heavy atom. The van der Waals surface area contributed by atoms with Gasteiger partial charge in [-0.25, -0.2) is 9.97 Å². The zero-order chi connectivity index (χ0) is 20.3. The van der Waals surface area contributed by atoms with Gasteiger partial charge < -0.3 is 30.0 Å². The molecule has 8 nitrogen and oxygen atoms in total. The molecular weight excluding hydrogens is 396 g/mol. The quantitative estimate of drug-likeness (QED) is 0.544. The van der Waals surface area contributed by atoms with Crippen molar-refractivity contribution in [1.82, 2.24) is 14.5 Å². The van der Waals surface area contributed by atoms with Gasteiger partial charge in [0.25, 0.3) is 0 Å². The summed E-state index contributed by atoms with van der Waals surface area (Å²) in [6.45, 7) is 0.226. The molecule has 0 spiro atoms. The van der Waals surface area contributed by atoms with E-state index in [-0.39, 0.29) is 6.61 Å². The van der Waals surface area contributed by atoms with Crippen LogP contribution in [-0.2, 0) is 21.7 Å². The molecule has 2 aliphatic heterocycles. The Labute approximate surface area is 170 Å². The van der Waals surface area contributed by atoms with E-state index in [4.69, 9.17) is 33.2 Å². The van der Waals surface area contributed by atoms with Crippen LogP contribution < -0.4 is 5.73 Å². The smallest absolute Gasteiger partial charge is 0.183 e. The molecule has 9 heteroatoms. The van der Waals surface area contributed by atoms with E-state index < -0.39 is 30.1 Å². The van der Waals surface area contributed by atoms with Crippen molar-refractivity contribution in [3.8, 4) is 12.3 Å². The van der Waals surface area contributed by atoms with Gasteiger partial charge in [0.15, 0.2) is 11.8 Å². The summed E-state index contributed by atoms with van der Waals surface area (Å²) in [5.74, 6) is 2.95. The molecule has 5 rings (SSSR count). The highest BCUT2D eigenvalue weighted by Crippen LogP contribution is 2.47. The fraction of sp³-hybridized carbons (Fsp3) is 0.300. The van der Waals surface area contributed by atoms with Crippen LogP contribution >= 0.6 is 11.6 Å². The number of hydrogen-bond acceptors (Lipinski definition) is 7. The first kappa shape index (κ1) is 18.4. The van der Waals surface area contributed by atoms with E-state index in [0.717, 1.165) is 5.56 Å². The van der Waals surface area contributed by atoms with Crippen LogP contribution in [0.2, 0.25) is 5.02 Å². The zero-order valence-corrected chi connectivity index (χ0v) is 15.8. The van der Waals surface area contributed by atoms with Crippen LogP contribution in [0, 0.1) is 12.3 Å². The number of aliphatic hydroxyl groups is 2. The number of nitrogens with two attached hydrogens (primary N) is 1. The summed E-state index contributed by atoms with van der Waals surface area (Å²) in [5.41, 5.74) is 6.51. The van der Waals surface area contributed by atoms with Crippen molar-refractivity contribution < 1.29 is 19.7 Å². The number of fused-ring (bicyclic) bond motifs is 2. The number of aromatic nitrogens is 3. The molecule has 0 unspecified atom stereocenters. The Kier molecular flexibility index (Phi) is 4.07. The monoisotopic (exact) mass is 412 g/mol. The molecular formula is C20H17ClN4O4. The second kappa shape index (κ2) is 6.42. The normalized spacial score (nSPS) is 31.1. The van der Waals surface area contributed by atoms with Gasteiger partial charge in [-0.1, -0.05) is 23.6 Å². The second-order valence-corrected chi connectivity index (χ2v) is 7.55. The van der Waals surface area contributed by atoms with Crippen LogP contribution in [0.1, 0.15) is 17.4 Å². The third-order valence-electron chi connectivity index (χ3n) is 5.59. The summed E-state index contributed by atoms with van der Waals surface area (Å²) < 4.78 is 13.6. The maximum absolute atomic E-state index is 10.8. The van der Waals surface area contributed by atoms with E-state index in [2.05, 4.69) is 15.9 Å². The fourth-order valence-electron chi connectivity index (χ4n) is 4.17. The van der Waals surface area contributed by atoms with Crippen molar-refractivity contribution in [2.24, 2.45) is 0 Å². The minimum Gasteiger partial charge on any atom is -0.387 e. The topological polar surface area (TPSA) is 116 Å². The molecule has 0 radical (unpaired) electrons. The van der Waals surface area contributed by atoms with Gasteiger partial charge in [0.2, 0.25) is 0 Å². The molecule has 4 heterocycles. The Bertz CT molecular complexity index is 1160. The summed E-state index contributed by atoms with van der Waals surface area (Å²) in [4.78, 5) is 8.18. The van der Waals surface area contributed by atoms with Crippen LogP contribution in [0.5, 0.6) is 0 Å². The van der Waals surface area contributed by atoms with Crippen LogP contribution in [0.3, 0.4) is 0 Å². The van der Waals surface area contributed by atoms with E-state index in [0.29, 0.717) is 27.4 Å². The lowest BCUT2D eigenvalue weighted by atomic mass is 9.85. The van der Waals surface area contributed by atoms with Crippen LogP contribution in [0.15, 0.2) is 36.8 Å². The first-order valence-electron chi connectivity index (χ1n) is 8.95. The first-order valence-corrected chi connectivity index (χ1v) is 9.33. The van der Waals surface area contributed by atoms with Crippen molar-refractivity contribution in [3.05, 3.63) is 52.9 Å². The summed E-state index contributed by atoms with van der Waals surface area (Å²) in [7, 11) is 0. The number of nitrogen functional groups attached to an aromatic ring is 1. The number of terminal acetylenes is 1. The van der Waals surface area contributed by atoms with Gasteiger partial charge in [-0.2, -0.15) is 0 Å². The third-order valence-corrected chi connectivity index (χ3v) is 5.83. The van der Waals surface area contributed by atoms with Crippen LogP contribution in [-0.4, -0.2) is 43.1 Å². The van der Waals surface area contributed by atoms with Crippen molar-refractivity contribution in [1.29, 1.82) is 0 Å². The lowest BCUT2D eigenvalue weighted by Gasteiger charge is -2.31. The van der Waals surface area contributed by atoms with Gasteiger partial charge in [0.05, 0.1) is 12.0 Å². The summed E-state index contributed by atoms with van der Waals surface area (Å²) in [6, 6.07) is 6.96. The average Bonchev–Trinajstić information content (AvgIpc) is 3.38. The molecule has 0 bridgehead atoms. The first-order chi connectivity index (χ1) is 14.0. The Hall–Kier alpha value is -2.67. The number of halogens is 1. The van der Waals surface area contributed by atoms with Gasteiger partial charge in [0.1, 0.15) is 36.1 Å². The zero-order valence-electron chi connectivity index (χ0n) is 15.1. The predicted molar refractivity (Wildman–Crippen MR) is 105 cm³/mol. The number of aliphatic hydroxyl groups excluding tert-OH is 2. The lowest BCUT2D eigenvalue weighted by Crippen LogP contribution is -2.46. The number of nitrogens with zero attached hydrogens (tertiary/aromatic N) is 3. The highest BCUT2D eigenvalue weighted by Gasteiger charge is 2.57. The van der Waals surface area contributed by atoms with Gasteiger partial charge >= 0.3 is 0 Å². The lowest BCUT2D eigenvalue weighted by molar-refractivity contribution is -0.139. The minimum atomic E-state index is -1.36. The van der Waals surface area contributed by atoms with Crippen molar-refractivity contribution in [3.63, 3.8) is 0 Å². The Morgan fingerprint density at radius 3 is 2.90 bits per heavy atom. The Morgan fingerprint density at radius 1 is 1.28 bits per heavy atom. The van der Waals surface area contributed by atoms with Crippen molar-refractivity contribution in [2.75, 3.05) is 5.73 Å². The maximum atomic E-state index is 10.8. The van der Waals surface area contributed by atoms with E-state index in [1.807, 2.05) is 0 Å². The van der Waals surface area contributed by atoms with Crippen LogP contribution in [0.4, 0.5) is 5.82 Å². The highest BCUT2D eigenvalue weighted by atomic mass is 35.5. The van der Waals surface area contributed by atoms with Gasteiger partial charge in [0, 0.05) is 16.8 Å². The molecule has 1 fully saturated rings. The van der Waals surface area contributed by atoms with Gasteiger partial charge in [-0.05, 0) is 23.8 Å². The van der Waals surface area contributed by atoms with E-state index in [1.54, 1.807) is 35.0 Å². The molecule has 1 saturated heterocycles. The molecule has 3 aromatic rings. The summed E-state index contributed by atoms with van der Waals surface area (Å²) in [6.07, 6.45) is 4.35. The Balaban J connectivity index is 1.57. The van der Waals surface area contributed by atoms with E-state index in [9.17, 15) is 10.2 Å². The highest BCUT2D eigenvalue weighted by molar-refractivity contribution is 6.30. The molecule has 0 aliphatic carbocycles. The SMILES string of the molecule is C#C[C@@]1([C@H]2O[C@@H](n3ccc4c(N)ncnc43)[C@H](O)[C@@H]2O)OCc2cc(Cl)ccc21. The third kappa shape index (κ3) is 2.50. The van der Waals surface area contributed by atoms with E-state index >= 15 is 0 Å². The van der Waals surface area contributed by atoms with Gasteiger partial charge in [-0.3, -0.25) is 0 Å². The molecule has 1 aromatic carbocycles. The predicted octanol–water partition coefficient (Wildman–Crippen LogP) is 1.34.